The number of hydrogen-bond donors (Lipinski definition) is 1. The zero-order chi connectivity index (χ0) is 19.4. The molecule has 142 valence electrons. The Morgan fingerprint density at radius 1 is 1.19 bits per heavy atom. The van der Waals surface area contributed by atoms with E-state index in [4.69, 9.17) is 0 Å². The van der Waals surface area contributed by atoms with Gasteiger partial charge in [0, 0.05) is 24.3 Å². The molecule has 27 heavy (non-hydrogen) atoms. The summed E-state index contributed by atoms with van der Waals surface area (Å²) in [4.78, 5) is 30.0. The van der Waals surface area contributed by atoms with Gasteiger partial charge in [-0.25, -0.2) is 4.98 Å². The van der Waals surface area contributed by atoms with Gasteiger partial charge in [-0.15, -0.1) is 0 Å². The number of amides is 1. The standard InChI is InChI=1S/C21H26N4O2/c1-4-5-11-24-14-22-19-17(16-9-7-6-8-10-16)12-25(20(19)21(24)27)13-18(26)23-15(2)3/h6-10,12,14-15H,4-5,11,13H2,1-3H3,(H,23,26). The second kappa shape index (κ2) is 8.20. The van der Waals surface area contributed by atoms with Crippen molar-refractivity contribution in [2.24, 2.45) is 0 Å². The lowest BCUT2D eigenvalue weighted by atomic mass is 10.1. The predicted molar refractivity (Wildman–Crippen MR) is 108 cm³/mol. The monoisotopic (exact) mass is 366 g/mol. The summed E-state index contributed by atoms with van der Waals surface area (Å²) >= 11 is 0. The number of carbonyl (C=O) groups is 1. The van der Waals surface area contributed by atoms with Gasteiger partial charge in [0.15, 0.2) is 0 Å². The minimum Gasteiger partial charge on any atom is -0.352 e. The molecule has 0 fully saturated rings. The zero-order valence-electron chi connectivity index (χ0n) is 16.1. The molecule has 0 radical (unpaired) electrons. The topological polar surface area (TPSA) is 68.9 Å². The normalized spacial score (nSPS) is 11.3. The first-order chi connectivity index (χ1) is 13.0. The summed E-state index contributed by atoms with van der Waals surface area (Å²) in [5.41, 5.74) is 2.85. The van der Waals surface area contributed by atoms with Crippen molar-refractivity contribution in [1.82, 2.24) is 19.4 Å². The third-order valence-electron chi connectivity index (χ3n) is 4.44. The van der Waals surface area contributed by atoms with Crippen LogP contribution in [0.2, 0.25) is 0 Å². The summed E-state index contributed by atoms with van der Waals surface area (Å²) in [6.45, 7) is 6.64. The quantitative estimate of drug-likeness (QED) is 0.698. The van der Waals surface area contributed by atoms with Crippen LogP contribution < -0.4 is 10.9 Å². The third-order valence-corrected chi connectivity index (χ3v) is 4.44. The Morgan fingerprint density at radius 2 is 1.93 bits per heavy atom. The number of rotatable bonds is 7. The van der Waals surface area contributed by atoms with Crippen LogP contribution in [0.5, 0.6) is 0 Å². The fourth-order valence-electron chi connectivity index (χ4n) is 3.18. The first-order valence-electron chi connectivity index (χ1n) is 9.44. The molecule has 0 saturated carbocycles. The van der Waals surface area contributed by atoms with Gasteiger partial charge >= 0.3 is 0 Å². The SMILES string of the molecule is CCCCn1cnc2c(-c3ccccc3)cn(CC(=O)NC(C)C)c2c1=O. The van der Waals surface area contributed by atoms with Crippen molar-refractivity contribution in [1.29, 1.82) is 0 Å². The average Bonchev–Trinajstić information content (AvgIpc) is 3.00. The van der Waals surface area contributed by atoms with Crippen LogP contribution in [0.1, 0.15) is 33.6 Å². The molecule has 6 nitrogen and oxygen atoms in total. The summed E-state index contributed by atoms with van der Waals surface area (Å²) in [6.07, 6.45) is 5.38. The van der Waals surface area contributed by atoms with Crippen molar-refractivity contribution in [2.45, 2.75) is 52.7 Å². The van der Waals surface area contributed by atoms with E-state index in [1.54, 1.807) is 15.5 Å². The molecule has 0 aliphatic heterocycles. The van der Waals surface area contributed by atoms with Crippen LogP contribution >= 0.6 is 0 Å². The molecule has 0 aliphatic carbocycles. The Labute approximate surface area is 158 Å². The van der Waals surface area contributed by atoms with Crippen molar-refractivity contribution in [3.05, 3.63) is 53.2 Å². The summed E-state index contributed by atoms with van der Waals surface area (Å²) < 4.78 is 3.37. The van der Waals surface area contributed by atoms with Crippen LogP contribution in [0.4, 0.5) is 0 Å². The zero-order valence-corrected chi connectivity index (χ0v) is 16.1. The Morgan fingerprint density at radius 3 is 2.59 bits per heavy atom. The molecule has 3 aromatic rings. The molecule has 0 saturated heterocycles. The highest BCUT2D eigenvalue weighted by molar-refractivity contribution is 5.93. The number of carbonyl (C=O) groups excluding carboxylic acids is 1. The number of nitrogens with zero attached hydrogens (tertiary/aromatic N) is 3. The highest BCUT2D eigenvalue weighted by atomic mass is 16.2. The highest BCUT2D eigenvalue weighted by Crippen LogP contribution is 2.27. The third kappa shape index (κ3) is 4.10. The molecule has 3 rings (SSSR count). The van der Waals surface area contributed by atoms with E-state index in [1.807, 2.05) is 50.4 Å². The van der Waals surface area contributed by atoms with E-state index in [1.165, 1.54) is 0 Å². The number of fused-ring (bicyclic) bond motifs is 1. The largest absolute Gasteiger partial charge is 0.352 e. The van der Waals surface area contributed by atoms with E-state index in [-0.39, 0.29) is 24.1 Å². The molecule has 0 aliphatic rings. The van der Waals surface area contributed by atoms with Gasteiger partial charge in [0.05, 0.1) is 6.33 Å². The lowest BCUT2D eigenvalue weighted by molar-refractivity contribution is -0.122. The van der Waals surface area contributed by atoms with Crippen LogP contribution in [0, 0.1) is 0 Å². The molecule has 1 N–H and O–H groups in total. The molecule has 1 amide bonds. The average molecular weight is 366 g/mol. The van der Waals surface area contributed by atoms with Crippen molar-refractivity contribution in [3.8, 4) is 11.1 Å². The van der Waals surface area contributed by atoms with Crippen LogP contribution in [0.3, 0.4) is 0 Å². The Hall–Kier alpha value is -2.89. The number of nitrogens with one attached hydrogen (secondary N) is 1. The maximum atomic E-state index is 13.1. The minimum absolute atomic E-state index is 0.0484. The van der Waals surface area contributed by atoms with Gasteiger partial charge in [-0.2, -0.15) is 0 Å². The van der Waals surface area contributed by atoms with Crippen molar-refractivity contribution in [3.63, 3.8) is 0 Å². The smallest absolute Gasteiger partial charge is 0.277 e. The van der Waals surface area contributed by atoms with Crippen molar-refractivity contribution < 1.29 is 4.79 Å². The number of aryl methyl sites for hydroxylation is 1. The summed E-state index contributed by atoms with van der Waals surface area (Å²) in [5, 5.41) is 2.88. The maximum Gasteiger partial charge on any atom is 0.277 e. The van der Waals surface area contributed by atoms with E-state index < -0.39 is 0 Å². The molecule has 1 aromatic carbocycles. The molecule has 2 heterocycles. The molecule has 0 bridgehead atoms. The molecule has 2 aromatic heterocycles. The molecule has 0 atom stereocenters. The summed E-state index contributed by atoms with van der Waals surface area (Å²) in [6, 6.07) is 9.87. The minimum atomic E-state index is -0.120. The van der Waals surface area contributed by atoms with Crippen LogP contribution in [-0.2, 0) is 17.9 Å². The van der Waals surface area contributed by atoms with Gasteiger partial charge in [0.1, 0.15) is 17.6 Å². The van der Waals surface area contributed by atoms with Crippen LogP contribution in [0.25, 0.3) is 22.2 Å². The van der Waals surface area contributed by atoms with E-state index in [9.17, 15) is 9.59 Å². The Balaban J connectivity index is 2.13. The highest BCUT2D eigenvalue weighted by Gasteiger charge is 2.18. The summed E-state index contributed by atoms with van der Waals surface area (Å²) in [7, 11) is 0. The van der Waals surface area contributed by atoms with Crippen LogP contribution in [0.15, 0.2) is 47.7 Å². The van der Waals surface area contributed by atoms with Gasteiger partial charge in [0.2, 0.25) is 5.91 Å². The van der Waals surface area contributed by atoms with Gasteiger partial charge in [-0.05, 0) is 25.8 Å². The fourth-order valence-corrected chi connectivity index (χ4v) is 3.18. The van der Waals surface area contributed by atoms with Gasteiger partial charge < -0.3 is 9.88 Å². The predicted octanol–water partition coefficient (Wildman–Crippen LogP) is 3.19. The Kier molecular flexibility index (Phi) is 5.74. The second-order valence-electron chi connectivity index (χ2n) is 7.05. The van der Waals surface area contributed by atoms with Gasteiger partial charge in [-0.1, -0.05) is 43.7 Å². The number of hydrogen-bond acceptors (Lipinski definition) is 3. The molecular formula is C21H26N4O2. The first kappa shape index (κ1) is 18.9. The fraction of sp³-hybridized carbons (Fsp3) is 0.381. The molecule has 6 heteroatoms. The lowest BCUT2D eigenvalue weighted by Crippen LogP contribution is -2.33. The second-order valence-corrected chi connectivity index (χ2v) is 7.05. The van der Waals surface area contributed by atoms with Gasteiger partial charge in [-0.3, -0.25) is 14.2 Å². The molecular weight excluding hydrogens is 340 g/mol. The Bertz CT molecular complexity index is 987. The number of aromatic nitrogens is 3. The van der Waals surface area contributed by atoms with E-state index in [0.717, 1.165) is 24.0 Å². The summed E-state index contributed by atoms with van der Waals surface area (Å²) in [5.74, 6) is -0.120. The van der Waals surface area contributed by atoms with E-state index in [0.29, 0.717) is 17.6 Å². The van der Waals surface area contributed by atoms with Crippen molar-refractivity contribution in [2.75, 3.05) is 0 Å². The lowest BCUT2D eigenvalue weighted by Gasteiger charge is -2.10. The van der Waals surface area contributed by atoms with E-state index in [2.05, 4.69) is 17.2 Å². The number of unbranched alkanes of at least 4 members (excludes halogenated alkanes) is 1. The van der Waals surface area contributed by atoms with Gasteiger partial charge in [0.25, 0.3) is 5.56 Å². The van der Waals surface area contributed by atoms with E-state index >= 15 is 0 Å². The maximum absolute atomic E-state index is 13.1. The molecule has 0 unspecified atom stereocenters. The number of benzene rings is 1. The van der Waals surface area contributed by atoms with Crippen LogP contribution in [-0.4, -0.2) is 26.1 Å². The molecule has 0 spiro atoms. The van der Waals surface area contributed by atoms with Crippen molar-refractivity contribution >= 4 is 16.9 Å². The first-order valence-corrected chi connectivity index (χ1v) is 9.44.